The maximum absolute atomic E-state index is 12.9. The second-order valence-corrected chi connectivity index (χ2v) is 9.15. The number of benzene rings is 2. The van der Waals surface area contributed by atoms with Crippen LogP contribution < -0.4 is 10.3 Å². The number of rotatable bonds is 6. The number of hydrogen-bond donors (Lipinski definition) is 1. The van der Waals surface area contributed by atoms with Crippen molar-refractivity contribution >= 4 is 21.7 Å². The maximum Gasteiger partial charge on any atom is 0.337 e. The van der Waals surface area contributed by atoms with Crippen LogP contribution in [0.15, 0.2) is 58.2 Å². The van der Waals surface area contributed by atoms with Gasteiger partial charge in [0.1, 0.15) is 0 Å². The van der Waals surface area contributed by atoms with Crippen LogP contribution in [0.4, 0.5) is 5.69 Å². The van der Waals surface area contributed by atoms with Crippen molar-refractivity contribution in [3.63, 3.8) is 0 Å². The van der Waals surface area contributed by atoms with Gasteiger partial charge in [-0.2, -0.15) is 0 Å². The standard InChI is InChI=1S/C22H25N3O5S/c1-14(2)20-15(3)24(4)25(21(20)26)18-9-11-19(12-10-18)31(28,29)23-17-8-6-7-16(13-17)22(27)30-5/h6-14,23H,1-5H3. The van der Waals surface area contributed by atoms with E-state index in [1.807, 2.05) is 20.8 Å². The van der Waals surface area contributed by atoms with Gasteiger partial charge < -0.3 is 4.74 Å². The molecule has 0 unspecified atom stereocenters. The zero-order chi connectivity index (χ0) is 22.9. The van der Waals surface area contributed by atoms with E-state index in [1.54, 1.807) is 29.9 Å². The Morgan fingerprint density at radius 3 is 2.29 bits per heavy atom. The van der Waals surface area contributed by atoms with Crippen LogP contribution in [0, 0.1) is 6.92 Å². The van der Waals surface area contributed by atoms with E-state index < -0.39 is 16.0 Å². The number of anilines is 1. The van der Waals surface area contributed by atoms with Crippen molar-refractivity contribution in [3.8, 4) is 5.69 Å². The van der Waals surface area contributed by atoms with Crippen molar-refractivity contribution in [2.75, 3.05) is 11.8 Å². The first kappa shape index (κ1) is 22.4. The first-order valence-corrected chi connectivity index (χ1v) is 11.1. The van der Waals surface area contributed by atoms with Gasteiger partial charge in [-0.1, -0.05) is 19.9 Å². The number of ether oxygens (including phenoxy) is 1. The van der Waals surface area contributed by atoms with Crippen LogP contribution in [0.25, 0.3) is 5.69 Å². The van der Waals surface area contributed by atoms with Gasteiger partial charge in [-0.05, 0) is 55.3 Å². The Kier molecular flexibility index (Phi) is 6.08. The molecule has 1 heterocycles. The molecular weight excluding hydrogens is 418 g/mol. The number of aromatic nitrogens is 2. The maximum atomic E-state index is 12.9. The van der Waals surface area contributed by atoms with Crippen LogP contribution >= 0.6 is 0 Å². The molecule has 3 aromatic rings. The number of methoxy groups -OCH3 is 1. The Hall–Kier alpha value is -3.33. The van der Waals surface area contributed by atoms with Crippen molar-refractivity contribution in [2.24, 2.45) is 7.05 Å². The highest BCUT2D eigenvalue weighted by Crippen LogP contribution is 2.21. The highest BCUT2D eigenvalue weighted by Gasteiger charge is 2.20. The zero-order valence-electron chi connectivity index (χ0n) is 18.0. The predicted molar refractivity (Wildman–Crippen MR) is 118 cm³/mol. The highest BCUT2D eigenvalue weighted by atomic mass is 32.2. The minimum Gasteiger partial charge on any atom is -0.465 e. The summed E-state index contributed by atoms with van der Waals surface area (Å²) in [5, 5.41) is 0. The van der Waals surface area contributed by atoms with Crippen LogP contribution in [0.1, 0.15) is 41.4 Å². The van der Waals surface area contributed by atoms with Crippen LogP contribution in [0.3, 0.4) is 0 Å². The third kappa shape index (κ3) is 4.27. The molecule has 0 fully saturated rings. The van der Waals surface area contributed by atoms with Crippen molar-refractivity contribution in [1.29, 1.82) is 0 Å². The average molecular weight is 444 g/mol. The topological polar surface area (TPSA) is 99.4 Å². The Morgan fingerprint density at radius 1 is 1.10 bits per heavy atom. The van der Waals surface area contributed by atoms with Crippen molar-refractivity contribution in [2.45, 2.75) is 31.6 Å². The third-order valence-electron chi connectivity index (χ3n) is 5.10. The van der Waals surface area contributed by atoms with Gasteiger partial charge in [-0.25, -0.2) is 17.9 Å². The lowest BCUT2D eigenvalue weighted by atomic mass is 10.0. The van der Waals surface area contributed by atoms with E-state index in [9.17, 15) is 18.0 Å². The van der Waals surface area contributed by atoms with E-state index in [1.165, 1.54) is 42.1 Å². The lowest BCUT2D eigenvalue weighted by Crippen LogP contribution is -2.21. The fourth-order valence-electron chi connectivity index (χ4n) is 3.49. The van der Waals surface area contributed by atoms with E-state index in [0.29, 0.717) is 5.69 Å². The molecule has 8 nitrogen and oxygen atoms in total. The molecule has 9 heteroatoms. The molecule has 0 radical (unpaired) electrons. The molecule has 0 aliphatic carbocycles. The van der Waals surface area contributed by atoms with Gasteiger partial charge >= 0.3 is 5.97 Å². The third-order valence-corrected chi connectivity index (χ3v) is 6.50. The van der Waals surface area contributed by atoms with Gasteiger partial charge in [-0.15, -0.1) is 0 Å². The predicted octanol–water partition coefficient (Wildman–Crippen LogP) is 3.20. The summed E-state index contributed by atoms with van der Waals surface area (Å²) in [4.78, 5) is 24.6. The van der Waals surface area contributed by atoms with Crippen LogP contribution in [-0.2, 0) is 21.8 Å². The Morgan fingerprint density at radius 2 is 1.74 bits per heavy atom. The van der Waals surface area contributed by atoms with Crippen LogP contribution in [0.2, 0.25) is 0 Å². The highest BCUT2D eigenvalue weighted by molar-refractivity contribution is 7.92. The van der Waals surface area contributed by atoms with Gasteiger partial charge in [0.15, 0.2) is 0 Å². The van der Waals surface area contributed by atoms with Gasteiger partial charge in [0.25, 0.3) is 15.6 Å². The summed E-state index contributed by atoms with van der Waals surface area (Å²) < 4.78 is 36.0. The van der Waals surface area contributed by atoms with Gasteiger partial charge in [0.05, 0.1) is 23.3 Å². The minimum atomic E-state index is -3.89. The Labute approximate surface area is 181 Å². The molecule has 0 aliphatic heterocycles. The van der Waals surface area contributed by atoms with E-state index in [-0.39, 0.29) is 27.6 Å². The van der Waals surface area contributed by atoms with Gasteiger partial charge in [0, 0.05) is 24.0 Å². The van der Waals surface area contributed by atoms with E-state index >= 15 is 0 Å². The number of nitrogens with one attached hydrogen (secondary N) is 1. The monoisotopic (exact) mass is 443 g/mol. The summed E-state index contributed by atoms with van der Waals surface area (Å²) in [6.07, 6.45) is 0. The Balaban J connectivity index is 1.93. The number of nitrogens with zero attached hydrogens (tertiary/aromatic N) is 2. The second-order valence-electron chi connectivity index (χ2n) is 7.47. The van der Waals surface area contributed by atoms with Crippen molar-refractivity contribution < 1.29 is 17.9 Å². The normalized spacial score (nSPS) is 11.5. The lowest BCUT2D eigenvalue weighted by molar-refractivity contribution is 0.0600. The number of carbonyl (C=O) groups is 1. The Bertz CT molecular complexity index is 1290. The lowest BCUT2D eigenvalue weighted by Gasteiger charge is -2.11. The van der Waals surface area contributed by atoms with Gasteiger partial charge in [-0.3, -0.25) is 14.2 Å². The minimum absolute atomic E-state index is 0.0304. The molecule has 1 aromatic heterocycles. The summed E-state index contributed by atoms with van der Waals surface area (Å²) in [5.74, 6) is -0.487. The number of esters is 1. The molecule has 0 saturated heterocycles. The molecule has 0 saturated carbocycles. The zero-order valence-corrected chi connectivity index (χ0v) is 18.9. The molecule has 0 amide bonds. The molecular formula is C22H25N3O5S. The van der Waals surface area contributed by atoms with E-state index in [0.717, 1.165) is 11.3 Å². The number of sulfonamides is 1. The molecule has 164 valence electrons. The summed E-state index contributed by atoms with van der Waals surface area (Å²) in [6.45, 7) is 5.81. The fraction of sp³-hybridized carbons (Fsp3) is 0.273. The molecule has 1 N–H and O–H groups in total. The van der Waals surface area contributed by atoms with Gasteiger partial charge in [0.2, 0.25) is 0 Å². The first-order chi connectivity index (χ1) is 14.6. The SMILES string of the molecule is COC(=O)c1cccc(NS(=O)(=O)c2ccc(-n3c(=O)c(C(C)C)c(C)n3C)cc2)c1. The second kappa shape index (κ2) is 8.43. The summed E-state index contributed by atoms with van der Waals surface area (Å²) in [5.41, 5.74) is 2.51. The molecule has 31 heavy (non-hydrogen) atoms. The van der Waals surface area contributed by atoms with E-state index in [4.69, 9.17) is 0 Å². The summed E-state index contributed by atoms with van der Waals surface area (Å²) >= 11 is 0. The molecule has 0 bridgehead atoms. The largest absolute Gasteiger partial charge is 0.465 e. The van der Waals surface area contributed by atoms with Crippen LogP contribution in [0.5, 0.6) is 0 Å². The fourth-order valence-corrected chi connectivity index (χ4v) is 4.54. The van der Waals surface area contributed by atoms with Crippen molar-refractivity contribution in [3.05, 3.63) is 75.7 Å². The molecule has 0 spiro atoms. The first-order valence-electron chi connectivity index (χ1n) is 9.67. The van der Waals surface area contributed by atoms with Crippen molar-refractivity contribution in [1.82, 2.24) is 9.36 Å². The number of carbonyl (C=O) groups excluding carboxylic acids is 1. The molecule has 2 aromatic carbocycles. The summed E-state index contributed by atoms with van der Waals surface area (Å²) in [7, 11) is -0.845. The molecule has 3 rings (SSSR count). The molecule has 0 aliphatic rings. The van der Waals surface area contributed by atoms with Crippen LogP contribution in [-0.4, -0.2) is 30.9 Å². The smallest absolute Gasteiger partial charge is 0.337 e. The average Bonchev–Trinajstić information content (AvgIpc) is 2.95. The number of hydrogen-bond acceptors (Lipinski definition) is 5. The summed E-state index contributed by atoms with van der Waals surface area (Å²) in [6, 6.07) is 12.1. The van der Waals surface area contributed by atoms with E-state index in [2.05, 4.69) is 9.46 Å². The quantitative estimate of drug-likeness (QED) is 0.590. The molecule has 0 atom stereocenters.